The molecule has 1 atom stereocenters. The molecule has 56 heavy (non-hydrogen) atoms. The standard InChI is InChI=1S/C52H36N4/c1-4-14-35(15-5-1)36-24-28-41(29-25-36)55-47-22-12-10-20-42(47)44-30-26-40(33-50(44)55)39-27-31-49-45(32-39)43-21-11-13-23-48(43)56(49)51-34-46(37-16-6-2-7-17-37)53-52(54-51)38-18-8-3-9-19-38/h1-14,16-35H,15H2. The molecule has 0 amide bonds. The minimum atomic E-state index is 0.422. The SMILES string of the molecule is C1=CCC(c2ccc(-n3c4ccccc4c4ccc(-c5ccc6c(c5)c5ccccc5n6-c5cc(-c6ccccc6)nc(-c6ccccc6)n5)cc43)cc2)C=C1. The Bertz CT molecular complexity index is 3090. The van der Waals surface area contributed by atoms with E-state index in [1.807, 2.05) is 24.3 Å². The maximum Gasteiger partial charge on any atom is 0.162 e. The number of para-hydroxylation sites is 2. The molecule has 0 fully saturated rings. The average Bonchev–Trinajstić information content (AvgIpc) is 3.79. The lowest BCUT2D eigenvalue weighted by atomic mass is 9.92. The van der Waals surface area contributed by atoms with Crippen LogP contribution in [0.3, 0.4) is 0 Å². The highest BCUT2D eigenvalue weighted by Gasteiger charge is 2.19. The highest BCUT2D eigenvalue weighted by atomic mass is 15.1. The second-order valence-corrected chi connectivity index (χ2v) is 14.6. The van der Waals surface area contributed by atoms with Crippen molar-refractivity contribution in [3.8, 4) is 45.3 Å². The Hall–Kier alpha value is -7.30. The molecule has 264 valence electrons. The summed E-state index contributed by atoms with van der Waals surface area (Å²) < 4.78 is 4.71. The van der Waals surface area contributed by atoms with Gasteiger partial charge in [-0.2, -0.15) is 0 Å². The molecular weight excluding hydrogens is 681 g/mol. The fourth-order valence-electron chi connectivity index (χ4n) is 8.55. The molecule has 1 aliphatic rings. The minimum Gasteiger partial charge on any atom is -0.309 e. The molecule has 0 spiro atoms. The zero-order valence-corrected chi connectivity index (χ0v) is 30.6. The van der Waals surface area contributed by atoms with Gasteiger partial charge in [0.15, 0.2) is 5.82 Å². The lowest BCUT2D eigenvalue weighted by Crippen LogP contribution is -2.02. The summed E-state index contributed by atoms with van der Waals surface area (Å²) in [5.41, 5.74) is 12.4. The zero-order chi connectivity index (χ0) is 37.0. The molecule has 0 aliphatic heterocycles. The highest BCUT2D eigenvalue weighted by molar-refractivity contribution is 6.12. The first-order valence-electron chi connectivity index (χ1n) is 19.3. The maximum absolute atomic E-state index is 5.22. The smallest absolute Gasteiger partial charge is 0.162 e. The van der Waals surface area contributed by atoms with Gasteiger partial charge in [-0.3, -0.25) is 4.57 Å². The molecule has 11 rings (SSSR count). The molecule has 7 aromatic carbocycles. The molecule has 4 nitrogen and oxygen atoms in total. The van der Waals surface area contributed by atoms with Crippen LogP contribution in [0.1, 0.15) is 17.9 Å². The molecule has 10 aromatic rings. The first-order chi connectivity index (χ1) is 27.8. The van der Waals surface area contributed by atoms with Gasteiger partial charge in [-0.25, -0.2) is 9.97 Å². The Balaban J connectivity index is 1.07. The van der Waals surface area contributed by atoms with Crippen LogP contribution in [0.4, 0.5) is 0 Å². The minimum absolute atomic E-state index is 0.422. The van der Waals surface area contributed by atoms with Crippen molar-refractivity contribution in [2.24, 2.45) is 0 Å². The van der Waals surface area contributed by atoms with E-state index in [9.17, 15) is 0 Å². The van der Waals surface area contributed by atoms with Crippen LogP contribution < -0.4 is 0 Å². The number of aromatic nitrogens is 4. The summed E-state index contributed by atoms with van der Waals surface area (Å²) in [5, 5.41) is 4.87. The van der Waals surface area contributed by atoms with Crippen molar-refractivity contribution in [1.82, 2.24) is 19.1 Å². The summed E-state index contributed by atoms with van der Waals surface area (Å²) in [5.74, 6) is 1.96. The van der Waals surface area contributed by atoms with Crippen LogP contribution in [0.2, 0.25) is 0 Å². The van der Waals surface area contributed by atoms with Crippen LogP contribution in [-0.4, -0.2) is 19.1 Å². The third-order valence-corrected chi connectivity index (χ3v) is 11.3. The summed E-state index contributed by atoms with van der Waals surface area (Å²) >= 11 is 0. The van der Waals surface area contributed by atoms with Crippen LogP contribution in [-0.2, 0) is 0 Å². The quantitative estimate of drug-likeness (QED) is 0.172. The van der Waals surface area contributed by atoms with Crippen LogP contribution in [0.5, 0.6) is 0 Å². The van der Waals surface area contributed by atoms with Crippen LogP contribution in [0.25, 0.3) is 88.9 Å². The van der Waals surface area contributed by atoms with E-state index in [4.69, 9.17) is 9.97 Å². The number of benzene rings is 7. The van der Waals surface area contributed by atoms with E-state index >= 15 is 0 Å². The van der Waals surface area contributed by atoms with Crippen LogP contribution >= 0.6 is 0 Å². The normalized spacial score (nSPS) is 14.0. The predicted octanol–water partition coefficient (Wildman–Crippen LogP) is 13.3. The van der Waals surface area contributed by atoms with Gasteiger partial charge in [-0.05, 0) is 65.6 Å². The molecular formula is C52H36N4. The molecule has 0 saturated carbocycles. The molecule has 1 aliphatic carbocycles. The van der Waals surface area contributed by atoms with E-state index in [0.29, 0.717) is 11.7 Å². The van der Waals surface area contributed by atoms with Crippen molar-refractivity contribution < 1.29 is 0 Å². The Morgan fingerprint density at radius 1 is 0.429 bits per heavy atom. The van der Waals surface area contributed by atoms with E-state index in [1.54, 1.807) is 0 Å². The Kier molecular flexibility index (Phi) is 7.59. The van der Waals surface area contributed by atoms with Crippen molar-refractivity contribution in [3.05, 3.63) is 206 Å². The van der Waals surface area contributed by atoms with Gasteiger partial charge in [0.2, 0.25) is 0 Å². The summed E-state index contributed by atoms with van der Waals surface area (Å²) in [6.07, 6.45) is 9.89. The number of rotatable bonds is 6. The number of hydrogen-bond acceptors (Lipinski definition) is 2. The first kappa shape index (κ1) is 32.2. The summed E-state index contributed by atoms with van der Waals surface area (Å²) in [7, 11) is 0. The molecule has 0 saturated heterocycles. The van der Waals surface area contributed by atoms with Crippen LogP contribution in [0, 0.1) is 0 Å². The lowest BCUT2D eigenvalue weighted by Gasteiger charge is -2.15. The molecule has 1 unspecified atom stereocenters. The van der Waals surface area contributed by atoms with Gasteiger partial charge in [0.25, 0.3) is 0 Å². The predicted molar refractivity (Wildman–Crippen MR) is 233 cm³/mol. The molecule has 3 aromatic heterocycles. The van der Waals surface area contributed by atoms with Gasteiger partial charge >= 0.3 is 0 Å². The third kappa shape index (κ3) is 5.38. The van der Waals surface area contributed by atoms with Crippen molar-refractivity contribution in [2.75, 3.05) is 0 Å². The van der Waals surface area contributed by atoms with E-state index in [2.05, 4.69) is 185 Å². The van der Waals surface area contributed by atoms with Crippen molar-refractivity contribution >= 4 is 43.6 Å². The first-order valence-corrected chi connectivity index (χ1v) is 19.3. The molecule has 0 N–H and O–H groups in total. The van der Waals surface area contributed by atoms with Gasteiger partial charge in [0.1, 0.15) is 5.82 Å². The van der Waals surface area contributed by atoms with Gasteiger partial charge in [-0.1, -0.05) is 152 Å². The number of nitrogens with zero attached hydrogens (tertiary/aromatic N) is 4. The van der Waals surface area contributed by atoms with Gasteiger partial charge in [-0.15, -0.1) is 0 Å². The molecule has 4 heteroatoms. The highest BCUT2D eigenvalue weighted by Crippen LogP contribution is 2.39. The van der Waals surface area contributed by atoms with Crippen molar-refractivity contribution in [1.29, 1.82) is 0 Å². The second kappa shape index (κ2) is 13.2. The Labute approximate surface area is 325 Å². The fourth-order valence-corrected chi connectivity index (χ4v) is 8.55. The number of fused-ring (bicyclic) bond motifs is 6. The summed E-state index contributed by atoms with van der Waals surface area (Å²) in [6.45, 7) is 0. The molecule has 0 radical (unpaired) electrons. The van der Waals surface area contributed by atoms with Gasteiger partial charge in [0.05, 0.1) is 27.8 Å². The number of allylic oxidation sites excluding steroid dienone is 4. The Morgan fingerprint density at radius 2 is 1.05 bits per heavy atom. The van der Waals surface area contributed by atoms with Crippen molar-refractivity contribution in [2.45, 2.75) is 12.3 Å². The van der Waals surface area contributed by atoms with Gasteiger partial charge in [0, 0.05) is 50.3 Å². The van der Waals surface area contributed by atoms with Gasteiger partial charge < -0.3 is 4.57 Å². The van der Waals surface area contributed by atoms with E-state index in [0.717, 1.165) is 40.1 Å². The third-order valence-electron chi connectivity index (χ3n) is 11.3. The van der Waals surface area contributed by atoms with Crippen LogP contribution in [0.15, 0.2) is 200 Å². The summed E-state index contributed by atoms with van der Waals surface area (Å²) in [6, 6.07) is 63.1. The largest absolute Gasteiger partial charge is 0.309 e. The summed E-state index contributed by atoms with van der Waals surface area (Å²) in [4.78, 5) is 10.3. The zero-order valence-electron chi connectivity index (χ0n) is 30.6. The number of hydrogen-bond donors (Lipinski definition) is 0. The Morgan fingerprint density at radius 3 is 1.80 bits per heavy atom. The van der Waals surface area contributed by atoms with E-state index in [1.165, 1.54) is 55.0 Å². The molecule has 0 bridgehead atoms. The maximum atomic E-state index is 5.22. The van der Waals surface area contributed by atoms with E-state index < -0.39 is 0 Å². The fraction of sp³-hybridized carbons (Fsp3) is 0.0385. The average molecular weight is 717 g/mol. The van der Waals surface area contributed by atoms with Crippen molar-refractivity contribution in [3.63, 3.8) is 0 Å². The topological polar surface area (TPSA) is 35.6 Å². The second-order valence-electron chi connectivity index (χ2n) is 14.6. The lowest BCUT2D eigenvalue weighted by molar-refractivity contribution is 0.853. The molecule has 3 heterocycles. The monoisotopic (exact) mass is 716 g/mol. The van der Waals surface area contributed by atoms with E-state index in [-0.39, 0.29) is 0 Å².